The number of aliphatic hydroxyl groups is 2. The summed E-state index contributed by atoms with van der Waals surface area (Å²) in [4.78, 5) is 28.3. The van der Waals surface area contributed by atoms with Crippen LogP contribution in [0, 0.1) is 29.1 Å². The molecular formula is C32H45BrN2O8. The van der Waals surface area contributed by atoms with Gasteiger partial charge in [-0.1, -0.05) is 19.1 Å². The number of esters is 1. The number of hydrogen-bond donors (Lipinski definition) is 3. The first-order chi connectivity index (χ1) is 20.1. The van der Waals surface area contributed by atoms with E-state index in [-0.39, 0.29) is 64.8 Å². The van der Waals surface area contributed by atoms with Gasteiger partial charge in [0.1, 0.15) is 16.8 Å². The Bertz CT molecular complexity index is 1300. The lowest BCUT2D eigenvalue weighted by atomic mass is 9.44. The molecule has 5 aliphatic carbocycles. The van der Waals surface area contributed by atoms with Crippen molar-refractivity contribution in [3.05, 3.63) is 29.8 Å². The number of likely N-dealkylation sites (tertiary alicyclic amines) is 1. The van der Waals surface area contributed by atoms with Crippen LogP contribution >= 0.6 is 17.0 Å². The lowest BCUT2D eigenvalue weighted by Crippen LogP contribution is -2.83. The van der Waals surface area contributed by atoms with E-state index in [1.165, 1.54) is 6.92 Å². The molecule has 5 saturated carbocycles. The van der Waals surface area contributed by atoms with Gasteiger partial charge in [-0.05, 0) is 44.4 Å². The van der Waals surface area contributed by atoms with E-state index < -0.39 is 34.3 Å². The van der Waals surface area contributed by atoms with Gasteiger partial charge < -0.3 is 34.5 Å². The summed E-state index contributed by atoms with van der Waals surface area (Å²) >= 11 is 0. The molecule has 3 N–H and O–H groups in total. The molecule has 12 atom stereocenters. The standard InChI is InChI=1S/C32H44N2O8.BrH/c1-6-34-16-29(42-28(36)18-9-7-8-10-21(18)33-17(2)35)12-11-25(40-4)31-23(29)14-20(26(31)34)30(37)15-22(39-3)19-13-24(31)32(30,38)27(19)41-5;/h7-10,19-20,22-27,37-38H,6,11-16H2,1-5H3,(H,33,35);1H/t19-,20-,22-,23+,24-,25-,26+,27-,29-,30-,31-,32-;/m0./s1. The van der Waals surface area contributed by atoms with Gasteiger partial charge in [-0.15, -0.1) is 17.0 Å². The van der Waals surface area contributed by atoms with Crippen molar-refractivity contribution in [2.75, 3.05) is 39.7 Å². The number of ether oxygens (including phenoxy) is 4. The number of carbonyl (C=O) groups is 2. The minimum atomic E-state index is -1.48. The molecule has 0 aromatic heterocycles. The van der Waals surface area contributed by atoms with Gasteiger partial charge in [0.15, 0.2) is 0 Å². The Kier molecular flexibility index (Phi) is 7.64. The Balaban J connectivity index is 0.00000329. The lowest BCUT2D eigenvalue weighted by molar-refractivity contribution is -0.337. The summed E-state index contributed by atoms with van der Waals surface area (Å²) in [5, 5.41) is 28.4. The SMILES string of the molecule is Br.CCN1C[C@@]2(OC(=O)c3ccccc3NC(C)=O)CC[C@H](OC)[C@@]34[C@@H]2C[C@@H]([C@@H]13)[C@@]1(O)C[C@H](OC)[C@@H]2C[C@@H]4[C@]1(O)[C@H]2OC. The molecule has 1 amide bonds. The highest BCUT2D eigenvalue weighted by atomic mass is 79.9. The maximum atomic E-state index is 14.0. The van der Waals surface area contributed by atoms with Gasteiger partial charge in [-0.25, -0.2) is 4.79 Å². The first-order valence-electron chi connectivity index (χ1n) is 15.4. The number of carbonyl (C=O) groups excluding carboxylic acids is 2. The van der Waals surface area contributed by atoms with E-state index in [1.807, 2.05) is 0 Å². The zero-order valence-corrected chi connectivity index (χ0v) is 27.3. The highest BCUT2D eigenvalue weighted by Gasteiger charge is 2.89. The van der Waals surface area contributed by atoms with Crippen LogP contribution in [0.1, 0.15) is 56.3 Å². The van der Waals surface area contributed by atoms with Crippen molar-refractivity contribution >= 4 is 34.5 Å². The summed E-state index contributed by atoms with van der Waals surface area (Å²) in [7, 11) is 5.05. The van der Waals surface area contributed by atoms with Crippen molar-refractivity contribution in [3.63, 3.8) is 0 Å². The zero-order valence-electron chi connectivity index (χ0n) is 25.6. The zero-order chi connectivity index (χ0) is 29.8. The van der Waals surface area contributed by atoms with Crippen molar-refractivity contribution in [1.29, 1.82) is 0 Å². The minimum Gasteiger partial charge on any atom is -0.454 e. The largest absolute Gasteiger partial charge is 0.454 e. The van der Waals surface area contributed by atoms with Gasteiger partial charge in [-0.2, -0.15) is 0 Å². The van der Waals surface area contributed by atoms with Crippen LogP contribution < -0.4 is 5.32 Å². The Morgan fingerprint density at radius 3 is 2.47 bits per heavy atom. The smallest absolute Gasteiger partial charge is 0.340 e. The number of methoxy groups -OCH3 is 3. The molecule has 6 fully saturated rings. The lowest BCUT2D eigenvalue weighted by Gasteiger charge is -2.70. The Labute approximate surface area is 263 Å². The Hall–Kier alpha value is -1.60. The summed E-state index contributed by atoms with van der Waals surface area (Å²) in [5.41, 5.74) is -3.57. The third-order valence-corrected chi connectivity index (χ3v) is 12.6. The van der Waals surface area contributed by atoms with E-state index >= 15 is 0 Å². The summed E-state index contributed by atoms with van der Waals surface area (Å²) < 4.78 is 25.1. The van der Waals surface area contributed by atoms with Crippen molar-refractivity contribution in [2.24, 2.45) is 29.1 Å². The molecule has 238 valence electrons. The van der Waals surface area contributed by atoms with E-state index in [2.05, 4.69) is 17.1 Å². The topological polar surface area (TPSA) is 127 Å². The summed E-state index contributed by atoms with van der Waals surface area (Å²) in [5.74, 6) is -1.54. The number of piperidine rings is 1. The average Bonchev–Trinajstić information content (AvgIpc) is 3.39. The molecule has 1 saturated heterocycles. The number of nitrogens with one attached hydrogen (secondary N) is 1. The predicted molar refractivity (Wildman–Crippen MR) is 162 cm³/mol. The fraction of sp³-hybridized carbons (Fsp3) is 0.750. The molecule has 1 spiro atoms. The second kappa shape index (κ2) is 10.5. The van der Waals surface area contributed by atoms with E-state index in [0.29, 0.717) is 56.4 Å². The molecule has 1 aromatic rings. The Morgan fingerprint density at radius 2 is 1.81 bits per heavy atom. The number of nitrogens with zero attached hydrogens (tertiary/aromatic N) is 1. The van der Waals surface area contributed by atoms with Crippen LogP contribution in [-0.2, 0) is 23.7 Å². The molecule has 43 heavy (non-hydrogen) atoms. The van der Waals surface area contributed by atoms with Crippen molar-refractivity contribution in [1.82, 2.24) is 4.90 Å². The predicted octanol–water partition coefficient (Wildman–Crippen LogP) is 2.80. The first-order valence-corrected chi connectivity index (χ1v) is 15.4. The van der Waals surface area contributed by atoms with Crippen molar-refractivity contribution < 1.29 is 38.7 Å². The number of likely N-dealkylation sites (N-methyl/N-ethyl adjacent to an activating group) is 1. The van der Waals surface area contributed by atoms with Crippen LogP contribution in [0.25, 0.3) is 0 Å². The van der Waals surface area contributed by atoms with Crippen LogP contribution in [0.5, 0.6) is 0 Å². The van der Waals surface area contributed by atoms with Crippen LogP contribution in [0.2, 0.25) is 0 Å². The van der Waals surface area contributed by atoms with Crippen LogP contribution in [0.4, 0.5) is 5.69 Å². The molecule has 6 aliphatic rings. The first kappa shape index (κ1) is 31.4. The molecule has 1 aromatic carbocycles. The van der Waals surface area contributed by atoms with Crippen molar-refractivity contribution in [3.8, 4) is 0 Å². The third kappa shape index (κ3) is 3.67. The fourth-order valence-corrected chi connectivity index (χ4v) is 11.6. The third-order valence-electron chi connectivity index (χ3n) is 12.6. The number of anilines is 1. The number of amides is 1. The number of fused-ring (bicyclic) bond motifs is 2. The summed E-state index contributed by atoms with van der Waals surface area (Å²) in [6.45, 7) is 4.79. The second-order valence-electron chi connectivity index (χ2n) is 13.7. The van der Waals surface area contributed by atoms with Gasteiger partial charge >= 0.3 is 5.97 Å². The minimum absolute atomic E-state index is 0. The van der Waals surface area contributed by atoms with Gasteiger partial charge in [0, 0.05) is 76.3 Å². The molecule has 1 aliphatic heterocycles. The molecule has 0 unspecified atom stereocenters. The quantitative estimate of drug-likeness (QED) is 0.377. The molecular weight excluding hydrogens is 620 g/mol. The maximum Gasteiger partial charge on any atom is 0.340 e. The van der Waals surface area contributed by atoms with Crippen LogP contribution in [-0.4, -0.2) is 103 Å². The second-order valence-corrected chi connectivity index (χ2v) is 13.7. The summed E-state index contributed by atoms with van der Waals surface area (Å²) in [6, 6.07) is 6.89. The number of benzene rings is 1. The normalized spacial score (nSPS) is 47.0. The van der Waals surface area contributed by atoms with E-state index in [0.717, 1.165) is 0 Å². The van der Waals surface area contributed by atoms with E-state index in [9.17, 15) is 19.8 Å². The van der Waals surface area contributed by atoms with Crippen LogP contribution in [0.15, 0.2) is 24.3 Å². The number of rotatable bonds is 7. The Morgan fingerprint density at radius 1 is 1.07 bits per heavy atom. The van der Waals surface area contributed by atoms with E-state index in [4.69, 9.17) is 18.9 Å². The van der Waals surface area contributed by atoms with Gasteiger partial charge in [-0.3, -0.25) is 9.69 Å². The summed E-state index contributed by atoms with van der Waals surface area (Å²) in [6.07, 6.45) is 1.91. The monoisotopic (exact) mass is 664 g/mol. The highest BCUT2D eigenvalue weighted by molar-refractivity contribution is 8.93. The number of hydrogen-bond acceptors (Lipinski definition) is 9. The number of halogens is 1. The molecule has 1 heterocycles. The number of para-hydroxylation sites is 1. The molecule has 10 nitrogen and oxygen atoms in total. The van der Waals surface area contributed by atoms with Crippen molar-refractivity contribution in [2.45, 2.75) is 87.1 Å². The van der Waals surface area contributed by atoms with E-state index in [1.54, 1.807) is 45.6 Å². The van der Waals surface area contributed by atoms with Gasteiger partial charge in [0.25, 0.3) is 0 Å². The molecule has 0 radical (unpaired) electrons. The van der Waals surface area contributed by atoms with Gasteiger partial charge in [0.05, 0.1) is 29.6 Å². The molecule has 11 heteroatoms. The average molecular weight is 666 g/mol. The highest BCUT2D eigenvalue weighted by Crippen LogP contribution is 2.79. The maximum absolute atomic E-state index is 14.0. The molecule has 7 bridgehead atoms. The van der Waals surface area contributed by atoms with Crippen LogP contribution in [0.3, 0.4) is 0 Å². The van der Waals surface area contributed by atoms with Gasteiger partial charge in [0.2, 0.25) is 5.91 Å². The fourth-order valence-electron chi connectivity index (χ4n) is 11.6. The molecule has 7 rings (SSSR count).